The number of carboxylic acids is 1. The van der Waals surface area contributed by atoms with E-state index in [1.165, 1.54) is 17.5 Å². The van der Waals surface area contributed by atoms with E-state index >= 15 is 0 Å². The van der Waals surface area contributed by atoms with Gasteiger partial charge in [-0.2, -0.15) is 0 Å². The van der Waals surface area contributed by atoms with E-state index in [1.807, 2.05) is 5.38 Å². The summed E-state index contributed by atoms with van der Waals surface area (Å²) in [5.74, 6) is -0.315. The summed E-state index contributed by atoms with van der Waals surface area (Å²) in [6.45, 7) is 0.192. The van der Waals surface area contributed by atoms with Crippen LogP contribution in [0.1, 0.15) is 5.01 Å². The normalized spacial score (nSPS) is 14.4. The third-order valence-corrected chi connectivity index (χ3v) is 2.48. The van der Waals surface area contributed by atoms with Crippen LogP contribution in [0.25, 0.3) is 0 Å². The first-order chi connectivity index (χ1) is 6.77. The summed E-state index contributed by atoms with van der Waals surface area (Å²) in [6, 6.07) is 0. The molecule has 0 radical (unpaired) electrons. The van der Waals surface area contributed by atoms with E-state index in [0.29, 0.717) is 5.84 Å². The summed E-state index contributed by atoms with van der Waals surface area (Å²) in [5, 5.41) is 14.1. The molecule has 7 heteroatoms. The molecule has 0 aromatic carbocycles. The first-order valence-corrected chi connectivity index (χ1v) is 4.78. The van der Waals surface area contributed by atoms with Crippen LogP contribution < -0.4 is 5.32 Å². The van der Waals surface area contributed by atoms with Crippen molar-refractivity contribution in [2.75, 3.05) is 6.54 Å². The fourth-order valence-electron chi connectivity index (χ4n) is 1.01. The van der Waals surface area contributed by atoms with Crippen LogP contribution in [0.2, 0.25) is 0 Å². The lowest BCUT2D eigenvalue weighted by molar-refractivity contribution is -0.132. The summed E-state index contributed by atoms with van der Waals surface area (Å²) in [7, 11) is 0. The zero-order valence-corrected chi connectivity index (χ0v) is 9.14. The molecule has 1 aromatic heterocycles. The quantitative estimate of drug-likeness (QED) is 0.811. The Morgan fingerprint density at radius 2 is 2.40 bits per heavy atom. The number of aliphatic imine (C=N–C) groups is 1. The molecule has 0 fully saturated rings. The Balaban J connectivity index is 0.00000112. The van der Waals surface area contributed by atoms with Crippen LogP contribution in [0, 0.1) is 0 Å². The van der Waals surface area contributed by atoms with Gasteiger partial charge in [-0.1, -0.05) is 0 Å². The number of aromatic nitrogens is 1. The highest BCUT2D eigenvalue weighted by Crippen LogP contribution is 2.08. The molecule has 2 N–H and O–H groups in total. The molecule has 15 heavy (non-hydrogen) atoms. The average Bonchev–Trinajstić information content (AvgIpc) is 2.71. The number of hydrogen-bond acceptors (Lipinski definition) is 5. The van der Waals surface area contributed by atoms with Gasteiger partial charge in [0.25, 0.3) is 0 Å². The van der Waals surface area contributed by atoms with E-state index in [0.717, 1.165) is 5.01 Å². The number of aliphatic carboxylic acids is 1. The van der Waals surface area contributed by atoms with Crippen LogP contribution >= 0.6 is 23.7 Å². The van der Waals surface area contributed by atoms with E-state index in [2.05, 4.69) is 15.3 Å². The van der Waals surface area contributed by atoms with Gasteiger partial charge in [-0.25, -0.2) is 9.78 Å². The van der Waals surface area contributed by atoms with Crippen LogP contribution in [0.3, 0.4) is 0 Å². The van der Waals surface area contributed by atoms with Gasteiger partial charge in [-0.15, -0.1) is 23.7 Å². The molecule has 0 aliphatic carbocycles. The van der Waals surface area contributed by atoms with Crippen molar-refractivity contribution >= 4 is 35.5 Å². The van der Waals surface area contributed by atoms with Crippen molar-refractivity contribution in [2.24, 2.45) is 4.99 Å². The maximum atomic E-state index is 10.6. The monoisotopic (exact) mass is 245 g/mol. The van der Waals surface area contributed by atoms with Gasteiger partial charge in [0, 0.05) is 17.8 Å². The summed E-state index contributed by atoms with van der Waals surface area (Å²) >= 11 is 1.46. The number of thiazole rings is 1. The first-order valence-electron chi connectivity index (χ1n) is 3.90. The second-order valence-electron chi connectivity index (χ2n) is 2.62. The molecule has 0 unspecified atom stereocenters. The summed E-state index contributed by atoms with van der Waals surface area (Å²) < 4.78 is 0. The van der Waals surface area contributed by atoms with Gasteiger partial charge in [-0.05, 0) is 0 Å². The van der Waals surface area contributed by atoms with E-state index in [9.17, 15) is 4.79 Å². The zero-order chi connectivity index (χ0) is 9.97. The second kappa shape index (κ2) is 4.90. The van der Waals surface area contributed by atoms with Gasteiger partial charge in [-0.3, -0.25) is 4.99 Å². The highest BCUT2D eigenvalue weighted by molar-refractivity contribution is 7.11. The number of carboxylic acid groups (broad SMARTS) is 1. The summed E-state index contributed by atoms with van der Waals surface area (Å²) in [5.41, 5.74) is 0.255. The first kappa shape index (κ1) is 11.7. The predicted octanol–water partition coefficient (Wildman–Crippen LogP) is 0.883. The van der Waals surface area contributed by atoms with Gasteiger partial charge >= 0.3 is 5.97 Å². The standard InChI is InChI=1S/C8H7N3O2S.ClH/c12-8(13)5-3-10-6(11-4-5)7-9-1-2-14-7;/h1-3H,4H2,(H,10,11)(H,12,13);1H. The van der Waals surface area contributed by atoms with E-state index in [1.54, 1.807) is 6.20 Å². The molecule has 1 aliphatic heterocycles. The Bertz CT molecular complexity index is 414. The number of nitrogens with one attached hydrogen (secondary N) is 1. The average molecular weight is 246 g/mol. The van der Waals surface area contributed by atoms with Crippen molar-refractivity contribution in [3.05, 3.63) is 28.4 Å². The van der Waals surface area contributed by atoms with Crippen molar-refractivity contribution < 1.29 is 9.90 Å². The molecule has 1 aliphatic rings. The largest absolute Gasteiger partial charge is 0.478 e. The van der Waals surface area contributed by atoms with Crippen LogP contribution in [0.15, 0.2) is 28.3 Å². The molecule has 5 nitrogen and oxygen atoms in total. The van der Waals surface area contributed by atoms with Gasteiger partial charge in [0.05, 0.1) is 12.1 Å². The van der Waals surface area contributed by atoms with Crippen molar-refractivity contribution in [3.63, 3.8) is 0 Å². The molecule has 2 heterocycles. The molecule has 80 valence electrons. The molecule has 2 rings (SSSR count). The SMILES string of the molecule is Cl.O=C(O)C1=CNC(c2nccs2)=NC1. The molecule has 0 bridgehead atoms. The highest BCUT2D eigenvalue weighted by Gasteiger charge is 2.14. The Morgan fingerprint density at radius 3 is 2.87 bits per heavy atom. The molecular weight excluding hydrogens is 238 g/mol. The fraction of sp³-hybridized carbons (Fsp3) is 0.125. The van der Waals surface area contributed by atoms with Gasteiger partial charge in [0.15, 0.2) is 10.8 Å². The molecule has 0 atom stereocenters. The molecule has 0 saturated heterocycles. The lowest BCUT2D eigenvalue weighted by Gasteiger charge is -2.09. The Hall–Kier alpha value is -1.40. The number of nitrogens with zero attached hydrogens (tertiary/aromatic N) is 2. The number of carbonyl (C=O) groups is 1. The van der Waals surface area contributed by atoms with Crippen LogP contribution in [-0.2, 0) is 4.79 Å². The molecule has 1 aromatic rings. The summed E-state index contributed by atoms with van der Waals surface area (Å²) in [4.78, 5) is 18.7. The Labute approximate surface area is 96.0 Å². The van der Waals surface area contributed by atoms with Gasteiger partial charge in [0.2, 0.25) is 0 Å². The number of rotatable bonds is 2. The zero-order valence-electron chi connectivity index (χ0n) is 7.51. The predicted molar refractivity (Wildman–Crippen MR) is 59.6 cm³/mol. The summed E-state index contributed by atoms with van der Waals surface area (Å²) in [6.07, 6.45) is 3.13. The fourth-order valence-corrected chi connectivity index (χ4v) is 1.62. The third-order valence-electron chi connectivity index (χ3n) is 1.70. The minimum absolute atomic E-state index is 0. The third kappa shape index (κ3) is 2.54. The van der Waals surface area contributed by atoms with Crippen molar-refractivity contribution in [1.82, 2.24) is 10.3 Å². The number of halogens is 1. The maximum absolute atomic E-state index is 10.6. The molecular formula is C8H8ClN3O2S. The minimum Gasteiger partial charge on any atom is -0.478 e. The lowest BCUT2D eigenvalue weighted by Crippen LogP contribution is -2.26. The highest BCUT2D eigenvalue weighted by atomic mass is 35.5. The van der Waals surface area contributed by atoms with Crippen LogP contribution in [0.4, 0.5) is 0 Å². The van der Waals surface area contributed by atoms with E-state index < -0.39 is 5.97 Å². The smallest absolute Gasteiger partial charge is 0.334 e. The maximum Gasteiger partial charge on any atom is 0.334 e. The molecule has 0 saturated carbocycles. The lowest BCUT2D eigenvalue weighted by atomic mass is 10.2. The molecule has 0 amide bonds. The number of amidine groups is 1. The van der Waals surface area contributed by atoms with Gasteiger partial charge < -0.3 is 10.4 Å². The second-order valence-corrected chi connectivity index (χ2v) is 3.52. The van der Waals surface area contributed by atoms with E-state index in [4.69, 9.17) is 5.11 Å². The van der Waals surface area contributed by atoms with Crippen molar-refractivity contribution in [1.29, 1.82) is 0 Å². The van der Waals surface area contributed by atoms with Crippen LogP contribution in [0.5, 0.6) is 0 Å². The van der Waals surface area contributed by atoms with Crippen molar-refractivity contribution in [2.45, 2.75) is 0 Å². The number of hydrogen-bond donors (Lipinski definition) is 2. The minimum atomic E-state index is -0.945. The van der Waals surface area contributed by atoms with Gasteiger partial charge in [0.1, 0.15) is 0 Å². The Morgan fingerprint density at radius 1 is 1.60 bits per heavy atom. The topological polar surface area (TPSA) is 74.6 Å². The van der Waals surface area contributed by atoms with Crippen molar-refractivity contribution in [3.8, 4) is 0 Å². The molecule has 0 spiro atoms. The van der Waals surface area contributed by atoms with Crippen LogP contribution in [-0.4, -0.2) is 28.4 Å². The Kier molecular flexibility index (Phi) is 3.81. The van der Waals surface area contributed by atoms with E-state index in [-0.39, 0.29) is 24.5 Å².